The maximum Gasteiger partial charge on any atom is 0.129 e. The first-order chi connectivity index (χ1) is 28.2. The third-order valence-corrected chi connectivity index (χ3v) is 13.3. The van der Waals surface area contributed by atoms with Gasteiger partial charge in [0.15, 0.2) is 0 Å². The number of benzene rings is 2. The first-order valence-electron chi connectivity index (χ1n) is 23.7. The van der Waals surface area contributed by atoms with E-state index in [-0.39, 0.29) is 0 Å². The second-order valence-corrected chi connectivity index (χ2v) is 40.1. The molecule has 2 aromatic carbocycles. The smallest absolute Gasteiger partial charge is 0.127 e. The Morgan fingerprint density at radius 2 is 0.550 bits per heavy atom. The van der Waals surface area contributed by atoms with Crippen LogP contribution in [-0.4, -0.2) is 32.3 Å². The lowest BCUT2D eigenvalue weighted by atomic mass is 9.95. The zero-order valence-corrected chi connectivity index (χ0v) is 45.0. The van der Waals surface area contributed by atoms with Gasteiger partial charge in [-0.15, -0.1) is 22.2 Å². The molecule has 0 radical (unpaired) electrons. The van der Waals surface area contributed by atoms with Gasteiger partial charge >= 0.3 is 0 Å². The summed E-state index contributed by atoms with van der Waals surface area (Å²) in [5, 5.41) is 0. The molecule has 0 aromatic heterocycles. The summed E-state index contributed by atoms with van der Waals surface area (Å²) in [7, 11) is -6.58. The fraction of sp³-hybridized carbons (Fsp3) is 0.571. The quantitative estimate of drug-likeness (QED) is 0.0796. The SMILES string of the molecule is CCCCCCCCCCc1cc(C#C[Si](C)(C)C)c(C#CC#Cc2c(C#C[Si](C)(C)C)cc(CCCCCCCCCC)cc2C#C[Si](C)(C)C)c(C#C[Si](C)(C)C)c1. The summed E-state index contributed by atoms with van der Waals surface area (Å²) in [6.07, 6.45) is 23.1. The molecule has 0 bridgehead atoms. The van der Waals surface area contributed by atoms with Crippen LogP contribution in [0.2, 0.25) is 78.6 Å². The third-order valence-electron chi connectivity index (χ3n) is 9.76. The minimum absolute atomic E-state index is 0.915. The predicted octanol–water partition coefficient (Wildman–Crippen LogP) is 15.4. The molecule has 0 aliphatic rings. The molecule has 0 unspecified atom stereocenters. The van der Waals surface area contributed by atoms with Crippen LogP contribution in [0.5, 0.6) is 0 Å². The van der Waals surface area contributed by atoms with Crippen LogP contribution in [-0.2, 0) is 12.8 Å². The summed E-state index contributed by atoms with van der Waals surface area (Å²) in [4.78, 5) is 0. The molecule has 0 saturated carbocycles. The van der Waals surface area contributed by atoms with Crippen molar-refractivity contribution in [3.63, 3.8) is 0 Å². The van der Waals surface area contributed by atoms with Crippen molar-refractivity contribution in [3.05, 3.63) is 68.8 Å². The van der Waals surface area contributed by atoms with Gasteiger partial charge in [0.05, 0.1) is 11.1 Å². The number of hydrogen-bond acceptors (Lipinski definition) is 0. The van der Waals surface area contributed by atoms with Crippen LogP contribution in [0.25, 0.3) is 0 Å². The van der Waals surface area contributed by atoms with Crippen molar-refractivity contribution in [2.75, 3.05) is 0 Å². The lowest BCUT2D eigenvalue weighted by Gasteiger charge is -2.10. The molecular weight excluding hydrogens is 785 g/mol. The minimum atomic E-state index is -1.65. The maximum absolute atomic E-state index is 3.65. The highest BCUT2D eigenvalue weighted by Gasteiger charge is 2.15. The summed E-state index contributed by atoms with van der Waals surface area (Å²) in [6, 6.07) is 9.19. The van der Waals surface area contributed by atoms with Gasteiger partial charge in [-0.2, -0.15) is 0 Å². The van der Waals surface area contributed by atoms with Crippen LogP contribution in [0.3, 0.4) is 0 Å². The number of hydrogen-bond donors (Lipinski definition) is 0. The predicted molar refractivity (Wildman–Crippen MR) is 280 cm³/mol. The molecule has 322 valence electrons. The lowest BCUT2D eigenvalue weighted by Crippen LogP contribution is -2.16. The van der Waals surface area contributed by atoms with Gasteiger partial charge in [0.1, 0.15) is 32.3 Å². The van der Waals surface area contributed by atoms with Gasteiger partial charge in [-0.1, -0.05) is 218 Å². The number of unbranched alkanes of at least 4 members (excludes halogenated alkanes) is 14. The molecule has 0 saturated heterocycles. The molecular formula is C56H82Si4. The Morgan fingerprint density at radius 3 is 0.783 bits per heavy atom. The molecule has 0 nitrogen and oxygen atoms in total. The summed E-state index contributed by atoms with van der Waals surface area (Å²) in [5.74, 6) is 28.1. The summed E-state index contributed by atoms with van der Waals surface area (Å²) < 4.78 is 0. The summed E-state index contributed by atoms with van der Waals surface area (Å²) >= 11 is 0. The molecule has 0 aliphatic heterocycles. The van der Waals surface area contributed by atoms with E-state index in [1.165, 1.54) is 114 Å². The Balaban J connectivity index is 2.70. The van der Waals surface area contributed by atoms with Crippen LogP contribution >= 0.6 is 0 Å². The summed E-state index contributed by atoms with van der Waals surface area (Å²) in [5.41, 5.74) is 23.1. The third kappa shape index (κ3) is 24.8. The topological polar surface area (TPSA) is 0 Å². The Bertz CT molecular complexity index is 1790. The van der Waals surface area contributed by atoms with Crippen LogP contribution in [0, 0.1) is 69.5 Å². The van der Waals surface area contributed by atoms with Crippen molar-refractivity contribution in [2.45, 2.75) is 208 Å². The summed E-state index contributed by atoms with van der Waals surface area (Å²) in [6.45, 7) is 32.2. The molecule has 2 aromatic rings. The highest BCUT2D eigenvalue weighted by Crippen LogP contribution is 2.22. The van der Waals surface area contributed by atoms with Crippen LogP contribution in [0.15, 0.2) is 24.3 Å². The van der Waals surface area contributed by atoms with Crippen molar-refractivity contribution in [2.24, 2.45) is 0 Å². The molecule has 4 heteroatoms. The van der Waals surface area contributed by atoms with Gasteiger partial charge < -0.3 is 0 Å². The van der Waals surface area contributed by atoms with E-state index in [0.717, 1.165) is 46.2 Å². The molecule has 0 amide bonds. The van der Waals surface area contributed by atoms with Crippen LogP contribution in [0.4, 0.5) is 0 Å². The Kier molecular flexibility index (Phi) is 23.7. The van der Waals surface area contributed by atoms with E-state index in [0.29, 0.717) is 0 Å². The van der Waals surface area contributed by atoms with E-state index in [1.54, 1.807) is 0 Å². The Labute approximate surface area is 376 Å². The standard InChI is InChI=1S/C56H82Si4/c1-15-17-19-21-23-25-27-29-33-49-45-51(37-41-57(3,4)5)55(52(46-49)38-42-58(6,7)8)35-31-32-36-56-53(39-43-59(9,10)11)47-50(48-54(56)40-44-60(12,13)14)34-30-28-26-24-22-20-18-16-2/h45-48H,15-30,33-34H2,1-14H3. The highest BCUT2D eigenvalue weighted by molar-refractivity contribution is 6.85. The van der Waals surface area contributed by atoms with E-state index in [2.05, 4.69) is 186 Å². The lowest BCUT2D eigenvalue weighted by molar-refractivity contribution is 0.575. The van der Waals surface area contributed by atoms with Gasteiger partial charge in [0.2, 0.25) is 0 Å². The van der Waals surface area contributed by atoms with Gasteiger partial charge in [-0.3, -0.25) is 0 Å². The largest absolute Gasteiger partial charge is 0.129 e. The Hall–Kier alpha value is -3.33. The van der Waals surface area contributed by atoms with Crippen LogP contribution < -0.4 is 0 Å². The van der Waals surface area contributed by atoms with E-state index in [4.69, 9.17) is 0 Å². The highest BCUT2D eigenvalue weighted by atomic mass is 28.3. The first-order valence-corrected chi connectivity index (χ1v) is 37.7. The molecule has 2 rings (SSSR count). The van der Waals surface area contributed by atoms with Gasteiger partial charge in [0.25, 0.3) is 0 Å². The fourth-order valence-electron chi connectivity index (χ4n) is 6.49. The Morgan fingerprint density at radius 1 is 0.317 bits per heavy atom. The van der Waals surface area contributed by atoms with Crippen molar-refractivity contribution < 1.29 is 0 Å². The molecule has 0 spiro atoms. The van der Waals surface area contributed by atoms with Crippen LogP contribution in [0.1, 0.15) is 161 Å². The second kappa shape index (κ2) is 26.9. The average Bonchev–Trinajstić information content (AvgIpc) is 3.15. The van der Waals surface area contributed by atoms with E-state index >= 15 is 0 Å². The maximum atomic E-state index is 3.65. The monoisotopic (exact) mass is 867 g/mol. The van der Waals surface area contributed by atoms with E-state index in [9.17, 15) is 0 Å². The van der Waals surface area contributed by atoms with Gasteiger partial charge in [-0.05, 0) is 72.9 Å². The van der Waals surface area contributed by atoms with Crippen molar-refractivity contribution in [3.8, 4) is 69.5 Å². The molecule has 60 heavy (non-hydrogen) atoms. The first kappa shape index (κ1) is 52.8. The van der Waals surface area contributed by atoms with Crippen molar-refractivity contribution in [1.29, 1.82) is 0 Å². The zero-order valence-electron chi connectivity index (χ0n) is 41.0. The van der Waals surface area contributed by atoms with Crippen molar-refractivity contribution >= 4 is 32.3 Å². The molecule has 0 N–H and O–H groups in total. The molecule has 0 aliphatic carbocycles. The van der Waals surface area contributed by atoms with E-state index in [1.807, 2.05) is 0 Å². The van der Waals surface area contributed by atoms with Crippen molar-refractivity contribution in [1.82, 2.24) is 0 Å². The van der Waals surface area contributed by atoms with E-state index < -0.39 is 32.3 Å². The average molecular weight is 868 g/mol. The number of aryl methyl sites for hydroxylation is 2. The second-order valence-electron chi connectivity index (χ2n) is 21.1. The molecule has 0 atom stereocenters. The zero-order chi connectivity index (χ0) is 44.7. The van der Waals surface area contributed by atoms with Gasteiger partial charge in [0, 0.05) is 22.3 Å². The molecule has 0 fully saturated rings. The molecule has 0 heterocycles. The fourth-order valence-corrected chi connectivity index (χ4v) is 8.53. The van der Waals surface area contributed by atoms with Gasteiger partial charge in [-0.25, -0.2) is 0 Å². The minimum Gasteiger partial charge on any atom is -0.127 e. The normalized spacial score (nSPS) is 11.2. The number of rotatable bonds is 18.